The molecule has 0 bridgehead atoms. The Hall–Kier alpha value is -1.80. The maximum absolute atomic E-state index is 11.8. The lowest BCUT2D eigenvalue weighted by atomic mass is 9.93. The molecule has 0 N–H and O–H groups in total. The fourth-order valence-corrected chi connectivity index (χ4v) is 4.31. The number of aromatic nitrogens is 4. The van der Waals surface area contributed by atoms with Crippen LogP contribution < -0.4 is 0 Å². The fourth-order valence-electron chi connectivity index (χ4n) is 3.36. The van der Waals surface area contributed by atoms with E-state index in [0.717, 1.165) is 49.2 Å². The summed E-state index contributed by atoms with van der Waals surface area (Å²) in [5.41, 5.74) is 2.73. The molecule has 0 saturated carbocycles. The van der Waals surface area contributed by atoms with Crippen LogP contribution in [-0.4, -0.2) is 51.8 Å². The number of sulfonamides is 1. The molecule has 2 aromatic heterocycles. The second-order valence-electron chi connectivity index (χ2n) is 6.68. The lowest BCUT2D eigenvalue weighted by Gasteiger charge is -2.30. The molecular weight excluding hydrogens is 338 g/mol. The molecule has 0 amide bonds. The Morgan fingerprint density at radius 1 is 1.28 bits per heavy atom. The molecule has 1 aliphatic heterocycles. The van der Waals surface area contributed by atoms with Crippen LogP contribution in [0.25, 0.3) is 11.3 Å². The molecule has 1 aliphatic rings. The highest BCUT2D eigenvalue weighted by atomic mass is 32.2. The average Bonchev–Trinajstić information content (AvgIpc) is 3.04. The zero-order valence-corrected chi connectivity index (χ0v) is 15.6. The van der Waals surface area contributed by atoms with E-state index in [4.69, 9.17) is 0 Å². The van der Waals surface area contributed by atoms with Crippen LogP contribution in [0, 0.1) is 5.92 Å². The van der Waals surface area contributed by atoms with Gasteiger partial charge in [0.15, 0.2) is 0 Å². The van der Waals surface area contributed by atoms with E-state index >= 15 is 0 Å². The monoisotopic (exact) mass is 363 g/mol. The molecule has 7 nitrogen and oxygen atoms in total. The minimum atomic E-state index is -3.13. The topological polar surface area (TPSA) is 81.0 Å². The van der Waals surface area contributed by atoms with Gasteiger partial charge in [0.2, 0.25) is 10.0 Å². The molecule has 3 heterocycles. The van der Waals surface area contributed by atoms with Gasteiger partial charge in [-0.25, -0.2) is 12.7 Å². The first-order chi connectivity index (χ1) is 12.0. The number of hydrogen-bond donors (Lipinski definition) is 0. The average molecular weight is 363 g/mol. The van der Waals surface area contributed by atoms with Crippen LogP contribution in [0.3, 0.4) is 0 Å². The summed E-state index contributed by atoms with van der Waals surface area (Å²) in [5.74, 6) is 0.268. The lowest BCUT2D eigenvalue weighted by Crippen LogP contribution is -2.39. The summed E-state index contributed by atoms with van der Waals surface area (Å²) in [7, 11) is -3.13. The summed E-state index contributed by atoms with van der Waals surface area (Å²) in [5, 5.41) is 4.38. The highest BCUT2D eigenvalue weighted by Crippen LogP contribution is 2.26. The smallest absolute Gasteiger partial charge is 0.211 e. The van der Waals surface area contributed by atoms with E-state index in [1.165, 1.54) is 6.26 Å². The Balaban J connectivity index is 1.79. The molecule has 8 heteroatoms. The van der Waals surface area contributed by atoms with Gasteiger partial charge >= 0.3 is 0 Å². The molecule has 1 atom stereocenters. The molecule has 25 heavy (non-hydrogen) atoms. The van der Waals surface area contributed by atoms with E-state index in [0.29, 0.717) is 13.1 Å². The summed E-state index contributed by atoms with van der Waals surface area (Å²) < 4.78 is 27.1. The number of hydrogen-bond acceptors (Lipinski definition) is 5. The summed E-state index contributed by atoms with van der Waals surface area (Å²) in [6.07, 6.45) is 12.2. The quantitative estimate of drug-likeness (QED) is 0.784. The largest absolute Gasteiger partial charge is 0.272 e. The second-order valence-corrected chi connectivity index (χ2v) is 8.66. The van der Waals surface area contributed by atoms with Crippen molar-refractivity contribution >= 4 is 10.0 Å². The zero-order chi connectivity index (χ0) is 17.9. The van der Waals surface area contributed by atoms with Crippen molar-refractivity contribution in [1.82, 2.24) is 24.1 Å². The Labute approximate surface area is 149 Å². The maximum atomic E-state index is 11.8. The molecule has 1 saturated heterocycles. The third kappa shape index (κ3) is 4.43. The van der Waals surface area contributed by atoms with Gasteiger partial charge in [-0.2, -0.15) is 5.10 Å². The molecule has 0 spiro atoms. The van der Waals surface area contributed by atoms with Gasteiger partial charge in [-0.05, 0) is 31.6 Å². The van der Waals surface area contributed by atoms with Crippen molar-refractivity contribution in [3.8, 4) is 11.3 Å². The molecule has 1 unspecified atom stereocenters. The predicted molar refractivity (Wildman–Crippen MR) is 96.4 cm³/mol. The molecule has 0 aliphatic carbocycles. The summed E-state index contributed by atoms with van der Waals surface area (Å²) in [6, 6.07) is 0. The van der Waals surface area contributed by atoms with Crippen molar-refractivity contribution < 1.29 is 8.42 Å². The lowest BCUT2D eigenvalue weighted by molar-refractivity contribution is 0.265. The first kappa shape index (κ1) is 18.0. The van der Waals surface area contributed by atoms with Crippen molar-refractivity contribution in [2.45, 2.75) is 39.2 Å². The van der Waals surface area contributed by atoms with Crippen LogP contribution in [0.15, 0.2) is 24.8 Å². The van der Waals surface area contributed by atoms with Crippen LogP contribution in [0.4, 0.5) is 0 Å². The number of nitrogens with zero attached hydrogens (tertiary/aromatic N) is 5. The van der Waals surface area contributed by atoms with Crippen molar-refractivity contribution in [3.63, 3.8) is 0 Å². The van der Waals surface area contributed by atoms with Gasteiger partial charge < -0.3 is 0 Å². The van der Waals surface area contributed by atoms with Crippen molar-refractivity contribution in [3.05, 3.63) is 30.5 Å². The van der Waals surface area contributed by atoms with Crippen LogP contribution in [0.2, 0.25) is 0 Å². The minimum Gasteiger partial charge on any atom is -0.272 e. The van der Waals surface area contributed by atoms with Crippen molar-refractivity contribution in [1.29, 1.82) is 0 Å². The Morgan fingerprint density at radius 2 is 2.08 bits per heavy atom. The van der Waals surface area contributed by atoms with Gasteiger partial charge in [0.05, 0.1) is 23.8 Å². The van der Waals surface area contributed by atoms with E-state index < -0.39 is 10.0 Å². The summed E-state index contributed by atoms with van der Waals surface area (Å²) in [4.78, 5) is 9.03. The third-order valence-corrected chi connectivity index (χ3v) is 5.84. The predicted octanol–water partition coefficient (Wildman–Crippen LogP) is 1.96. The highest BCUT2D eigenvalue weighted by Gasteiger charge is 2.27. The highest BCUT2D eigenvalue weighted by molar-refractivity contribution is 7.88. The third-order valence-electron chi connectivity index (χ3n) is 4.57. The molecule has 0 aromatic carbocycles. The summed E-state index contributed by atoms with van der Waals surface area (Å²) in [6.45, 7) is 4.17. The van der Waals surface area contributed by atoms with Gasteiger partial charge in [0, 0.05) is 43.8 Å². The van der Waals surface area contributed by atoms with Crippen LogP contribution in [0.1, 0.15) is 31.9 Å². The Kier molecular flexibility index (Phi) is 5.48. The van der Waals surface area contributed by atoms with E-state index in [2.05, 4.69) is 22.0 Å². The van der Waals surface area contributed by atoms with Gasteiger partial charge in [0.25, 0.3) is 0 Å². The van der Waals surface area contributed by atoms with Crippen LogP contribution >= 0.6 is 0 Å². The van der Waals surface area contributed by atoms with E-state index in [9.17, 15) is 8.42 Å². The molecule has 1 fully saturated rings. The maximum Gasteiger partial charge on any atom is 0.211 e. The molecular formula is C17H25N5O2S. The van der Waals surface area contributed by atoms with Gasteiger partial charge in [-0.15, -0.1) is 0 Å². The molecule has 136 valence electrons. The van der Waals surface area contributed by atoms with Gasteiger partial charge in [-0.3, -0.25) is 14.6 Å². The van der Waals surface area contributed by atoms with Crippen molar-refractivity contribution in [2.24, 2.45) is 5.92 Å². The Morgan fingerprint density at radius 3 is 2.84 bits per heavy atom. The van der Waals surface area contributed by atoms with E-state index in [1.54, 1.807) is 16.7 Å². The zero-order valence-electron chi connectivity index (χ0n) is 14.8. The number of rotatable bonds is 6. The normalized spacial score (nSPS) is 19.2. The Bertz CT molecular complexity index is 818. The summed E-state index contributed by atoms with van der Waals surface area (Å²) >= 11 is 0. The van der Waals surface area contributed by atoms with Crippen LogP contribution in [-0.2, 0) is 23.0 Å². The first-order valence-corrected chi connectivity index (χ1v) is 10.6. The molecule has 2 aromatic rings. The first-order valence-electron chi connectivity index (χ1n) is 8.75. The van der Waals surface area contributed by atoms with E-state index in [1.807, 2.05) is 17.1 Å². The number of aryl methyl sites for hydroxylation is 1. The standard InChI is InChI=1S/C17H25N5O2S/c1-3-8-21-13-15(11-20-21)17-16(18-6-7-19-17)10-14-5-4-9-22(12-14)25(2,23)24/h6-7,11,13-14H,3-5,8-10,12H2,1-2H3. The van der Waals surface area contributed by atoms with Crippen molar-refractivity contribution in [2.75, 3.05) is 19.3 Å². The minimum absolute atomic E-state index is 0.268. The SMILES string of the molecule is CCCn1cc(-c2nccnc2CC2CCCN(S(C)(=O)=O)C2)cn1. The molecule has 0 radical (unpaired) electrons. The number of piperidine rings is 1. The fraction of sp³-hybridized carbons (Fsp3) is 0.588. The van der Waals surface area contributed by atoms with Crippen LogP contribution in [0.5, 0.6) is 0 Å². The van der Waals surface area contributed by atoms with Gasteiger partial charge in [0.1, 0.15) is 0 Å². The van der Waals surface area contributed by atoms with E-state index in [-0.39, 0.29) is 5.92 Å². The second kappa shape index (κ2) is 7.61. The molecule has 3 rings (SSSR count). The van der Waals surface area contributed by atoms with Gasteiger partial charge in [-0.1, -0.05) is 6.92 Å².